The van der Waals surface area contributed by atoms with Crippen LogP contribution in [0.2, 0.25) is 0 Å². The van der Waals surface area contributed by atoms with Gasteiger partial charge in [-0.3, -0.25) is 9.59 Å². The number of carbonyl (C=O) groups excluding carboxylic acids is 2. The molecule has 3 rings (SSSR count). The van der Waals surface area contributed by atoms with Gasteiger partial charge in [-0.15, -0.1) is 0 Å². The Bertz CT molecular complexity index is 857. The number of nitrogens with one attached hydrogen (secondary N) is 2. The van der Waals surface area contributed by atoms with E-state index < -0.39 is 0 Å². The van der Waals surface area contributed by atoms with Crippen LogP contribution in [0.4, 0.5) is 5.69 Å². The van der Waals surface area contributed by atoms with E-state index in [0.717, 1.165) is 41.8 Å². The van der Waals surface area contributed by atoms with E-state index in [1.807, 2.05) is 36.6 Å². The Morgan fingerprint density at radius 1 is 1.22 bits per heavy atom. The van der Waals surface area contributed by atoms with Crippen molar-refractivity contribution in [2.45, 2.75) is 39.7 Å². The SMILES string of the molecule is COCCNC(=O)c1nc(C(=O)Nc2ccc(C)cc2C)n2c1CCCC2. The molecule has 0 unspecified atom stereocenters. The van der Waals surface area contributed by atoms with Gasteiger partial charge in [0.25, 0.3) is 11.8 Å². The van der Waals surface area contributed by atoms with Gasteiger partial charge in [0, 0.05) is 25.9 Å². The number of imidazole rings is 1. The quantitative estimate of drug-likeness (QED) is 0.765. The second kappa shape index (κ2) is 8.35. The number of amides is 2. The Balaban J connectivity index is 1.86. The van der Waals surface area contributed by atoms with Crippen molar-refractivity contribution in [1.29, 1.82) is 0 Å². The van der Waals surface area contributed by atoms with E-state index in [2.05, 4.69) is 15.6 Å². The third kappa shape index (κ3) is 4.19. The highest BCUT2D eigenvalue weighted by Crippen LogP contribution is 2.23. The first kappa shape index (κ1) is 19.1. The van der Waals surface area contributed by atoms with Crippen LogP contribution in [0.5, 0.6) is 0 Å². The van der Waals surface area contributed by atoms with Crippen LogP contribution in [0.1, 0.15) is 50.8 Å². The topological polar surface area (TPSA) is 85.2 Å². The predicted molar refractivity (Wildman–Crippen MR) is 103 cm³/mol. The van der Waals surface area contributed by atoms with Crippen LogP contribution in [-0.2, 0) is 17.7 Å². The Kier molecular flexibility index (Phi) is 5.91. The van der Waals surface area contributed by atoms with Crippen molar-refractivity contribution in [2.75, 3.05) is 25.6 Å². The van der Waals surface area contributed by atoms with Gasteiger partial charge in [0.2, 0.25) is 0 Å². The first-order chi connectivity index (χ1) is 13.0. The smallest absolute Gasteiger partial charge is 0.291 e. The summed E-state index contributed by atoms with van der Waals surface area (Å²) < 4.78 is 6.85. The number of anilines is 1. The molecule has 2 N–H and O–H groups in total. The standard InChI is InChI=1S/C20H26N4O3/c1-13-7-8-15(14(2)12-13)22-20(26)18-23-17(19(25)21-9-11-27-3)16-6-4-5-10-24(16)18/h7-8,12H,4-6,9-11H2,1-3H3,(H,21,25)(H,22,26). The van der Waals surface area contributed by atoms with Crippen molar-refractivity contribution in [2.24, 2.45) is 0 Å². The van der Waals surface area contributed by atoms with Crippen molar-refractivity contribution in [1.82, 2.24) is 14.9 Å². The molecule has 1 aliphatic rings. The van der Waals surface area contributed by atoms with E-state index in [9.17, 15) is 9.59 Å². The van der Waals surface area contributed by atoms with Gasteiger partial charge >= 0.3 is 0 Å². The maximum atomic E-state index is 12.9. The minimum Gasteiger partial charge on any atom is -0.383 e. The maximum absolute atomic E-state index is 12.9. The number of benzene rings is 1. The summed E-state index contributed by atoms with van der Waals surface area (Å²) in [4.78, 5) is 29.8. The number of carbonyl (C=O) groups is 2. The van der Waals surface area contributed by atoms with Gasteiger partial charge in [0.15, 0.2) is 5.82 Å². The van der Waals surface area contributed by atoms with Gasteiger partial charge in [-0.2, -0.15) is 0 Å². The predicted octanol–water partition coefficient (Wildman–Crippen LogP) is 2.46. The van der Waals surface area contributed by atoms with Gasteiger partial charge in [-0.25, -0.2) is 4.98 Å². The molecular formula is C20H26N4O3. The Morgan fingerprint density at radius 2 is 2.04 bits per heavy atom. The molecule has 27 heavy (non-hydrogen) atoms. The number of hydrogen-bond donors (Lipinski definition) is 2. The highest BCUT2D eigenvalue weighted by atomic mass is 16.5. The molecule has 0 bridgehead atoms. The zero-order valence-electron chi connectivity index (χ0n) is 16.1. The molecule has 0 saturated carbocycles. The van der Waals surface area contributed by atoms with Crippen LogP contribution in [-0.4, -0.2) is 41.6 Å². The van der Waals surface area contributed by atoms with Gasteiger partial charge in [-0.05, 0) is 44.7 Å². The summed E-state index contributed by atoms with van der Waals surface area (Å²) in [6, 6.07) is 5.87. The fraction of sp³-hybridized carbons (Fsp3) is 0.450. The van der Waals surface area contributed by atoms with E-state index in [-0.39, 0.29) is 11.8 Å². The molecule has 0 radical (unpaired) electrons. The second-order valence-electron chi connectivity index (χ2n) is 6.86. The zero-order chi connectivity index (χ0) is 19.4. The lowest BCUT2D eigenvalue weighted by Gasteiger charge is -2.17. The van der Waals surface area contributed by atoms with Gasteiger partial charge in [-0.1, -0.05) is 17.7 Å². The van der Waals surface area contributed by atoms with Gasteiger partial charge in [0.05, 0.1) is 12.3 Å². The molecule has 0 fully saturated rings. The molecule has 2 aromatic rings. The molecule has 7 nitrogen and oxygen atoms in total. The molecule has 2 heterocycles. The van der Waals surface area contributed by atoms with E-state index in [1.165, 1.54) is 0 Å². The number of nitrogens with zero attached hydrogens (tertiary/aromatic N) is 2. The number of ether oxygens (including phenoxy) is 1. The van der Waals surface area contributed by atoms with E-state index >= 15 is 0 Å². The van der Waals surface area contributed by atoms with Crippen LogP contribution in [0.3, 0.4) is 0 Å². The van der Waals surface area contributed by atoms with E-state index in [4.69, 9.17) is 4.74 Å². The molecule has 0 aliphatic carbocycles. The van der Waals surface area contributed by atoms with Crippen molar-refractivity contribution >= 4 is 17.5 Å². The van der Waals surface area contributed by atoms with Crippen molar-refractivity contribution in [3.05, 3.63) is 46.5 Å². The first-order valence-corrected chi connectivity index (χ1v) is 9.26. The Morgan fingerprint density at radius 3 is 2.78 bits per heavy atom. The number of fused-ring (bicyclic) bond motifs is 1. The third-order valence-corrected chi connectivity index (χ3v) is 4.76. The molecule has 0 atom stereocenters. The molecule has 144 valence electrons. The van der Waals surface area contributed by atoms with Crippen molar-refractivity contribution in [3.8, 4) is 0 Å². The molecular weight excluding hydrogens is 344 g/mol. The summed E-state index contributed by atoms with van der Waals surface area (Å²) in [5.41, 5.74) is 4.06. The molecule has 0 spiro atoms. The van der Waals surface area contributed by atoms with Crippen LogP contribution in [0, 0.1) is 13.8 Å². The Hall–Kier alpha value is -2.67. The number of aryl methyl sites for hydroxylation is 2. The van der Waals surface area contributed by atoms with Crippen molar-refractivity contribution < 1.29 is 14.3 Å². The lowest BCUT2D eigenvalue weighted by atomic mass is 10.1. The highest BCUT2D eigenvalue weighted by Gasteiger charge is 2.27. The minimum absolute atomic E-state index is 0.261. The maximum Gasteiger partial charge on any atom is 0.291 e. The van der Waals surface area contributed by atoms with Crippen molar-refractivity contribution in [3.63, 3.8) is 0 Å². The monoisotopic (exact) mass is 370 g/mol. The number of aromatic nitrogens is 2. The van der Waals surface area contributed by atoms with Crippen LogP contribution < -0.4 is 10.6 Å². The number of methoxy groups -OCH3 is 1. The average molecular weight is 370 g/mol. The number of rotatable bonds is 6. The molecule has 1 aliphatic heterocycles. The summed E-state index contributed by atoms with van der Waals surface area (Å²) in [5.74, 6) is -0.258. The summed E-state index contributed by atoms with van der Waals surface area (Å²) in [6.45, 7) is 5.51. The highest BCUT2D eigenvalue weighted by molar-refractivity contribution is 6.04. The fourth-order valence-corrected chi connectivity index (χ4v) is 3.38. The van der Waals surface area contributed by atoms with Gasteiger partial charge < -0.3 is 19.9 Å². The molecule has 1 aromatic carbocycles. The summed E-state index contributed by atoms with van der Waals surface area (Å²) in [7, 11) is 1.58. The van der Waals surface area contributed by atoms with Crippen LogP contribution >= 0.6 is 0 Å². The van der Waals surface area contributed by atoms with Crippen LogP contribution in [0.15, 0.2) is 18.2 Å². The second-order valence-corrected chi connectivity index (χ2v) is 6.86. The Labute approximate surface area is 159 Å². The number of hydrogen-bond acceptors (Lipinski definition) is 4. The minimum atomic E-state index is -0.291. The van der Waals surface area contributed by atoms with Crippen LogP contribution in [0.25, 0.3) is 0 Å². The summed E-state index contributed by atoms with van der Waals surface area (Å²) in [6.07, 6.45) is 2.71. The lowest BCUT2D eigenvalue weighted by molar-refractivity contribution is 0.0931. The summed E-state index contributed by atoms with van der Waals surface area (Å²) >= 11 is 0. The van der Waals surface area contributed by atoms with Gasteiger partial charge in [0.1, 0.15) is 5.69 Å². The largest absolute Gasteiger partial charge is 0.383 e. The molecule has 1 aromatic heterocycles. The molecule has 7 heteroatoms. The lowest BCUT2D eigenvalue weighted by Crippen LogP contribution is -2.28. The summed E-state index contributed by atoms with van der Waals surface area (Å²) in [5, 5.41) is 5.73. The normalized spacial score (nSPS) is 13.1. The zero-order valence-corrected chi connectivity index (χ0v) is 16.1. The third-order valence-electron chi connectivity index (χ3n) is 4.76. The molecule has 2 amide bonds. The van der Waals surface area contributed by atoms with E-state index in [0.29, 0.717) is 31.2 Å². The average Bonchev–Trinajstić information content (AvgIpc) is 3.04. The molecule has 0 saturated heterocycles. The first-order valence-electron chi connectivity index (χ1n) is 9.26. The van der Waals surface area contributed by atoms with E-state index in [1.54, 1.807) is 7.11 Å². The fourth-order valence-electron chi connectivity index (χ4n) is 3.38.